The molecule has 0 unspecified atom stereocenters. The summed E-state index contributed by atoms with van der Waals surface area (Å²) in [6.07, 6.45) is 5.68. The highest BCUT2D eigenvalue weighted by atomic mass is 16.1. The van der Waals surface area contributed by atoms with E-state index in [2.05, 4.69) is 16.5 Å². The van der Waals surface area contributed by atoms with Crippen molar-refractivity contribution in [2.75, 3.05) is 0 Å². The molecule has 0 spiro atoms. The van der Waals surface area contributed by atoms with Crippen LogP contribution in [0.5, 0.6) is 0 Å². The molecule has 7 rings (SSSR count). The van der Waals surface area contributed by atoms with Gasteiger partial charge in [0.15, 0.2) is 5.43 Å². The molecule has 1 aliphatic rings. The number of nitrogens with zero attached hydrogens (tertiary/aromatic N) is 2. The van der Waals surface area contributed by atoms with Crippen molar-refractivity contribution in [3.05, 3.63) is 98.6 Å². The van der Waals surface area contributed by atoms with Crippen molar-refractivity contribution in [2.45, 2.75) is 12.8 Å². The van der Waals surface area contributed by atoms with E-state index in [0.717, 1.165) is 50.5 Å². The van der Waals surface area contributed by atoms with Gasteiger partial charge in [-0.3, -0.25) is 14.0 Å². The molecule has 0 saturated carbocycles. The van der Waals surface area contributed by atoms with Crippen molar-refractivity contribution < 1.29 is 0 Å². The molecule has 30 heavy (non-hydrogen) atoms. The van der Waals surface area contributed by atoms with Crippen LogP contribution < -0.4 is 11.0 Å². The molecule has 0 radical (unpaired) electrons. The zero-order valence-electron chi connectivity index (χ0n) is 16.1. The second-order valence-corrected chi connectivity index (χ2v) is 8.00. The standard InChI is InChI=1S/C26H16N2O2/c29-25-17-8-2-5-11-21(17)27-22-12-6-3-9-18(22)26(30)28-20-10-4-1-7-15(20)16-13-14-19(25)24(27)23(16)28/h1-2,4-8,10-14H,3,9H2. The smallest absolute Gasteiger partial charge is 0.260 e. The fraction of sp³-hybridized carbons (Fsp3) is 0.0769. The largest absolute Gasteiger partial charge is 0.306 e. The van der Waals surface area contributed by atoms with Gasteiger partial charge in [0, 0.05) is 27.1 Å². The number of benzene rings is 3. The maximum absolute atomic E-state index is 13.9. The summed E-state index contributed by atoms with van der Waals surface area (Å²) in [6, 6.07) is 19.6. The number of hydrogen-bond donors (Lipinski definition) is 0. The Labute approximate surface area is 170 Å². The van der Waals surface area contributed by atoms with Crippen molar-refractivity contribution in [3.8, 4) is 0 Å². The summed E-state index contributed by atoms with van der Waals surface area (Å²) in [5, 5.41) is 3.35. The average Bonchev–Trinajstić information content (AvgIpc) is 3.08. The summed E-state index contributed by atoms with van der Waals surface area (Å²) in [7, 11) is 0. The molecule has 0 fully saturated rings. The predicted molar refractivity (Wildman–Crippen MR) is 122 cm³/mol. The number of pyridine rings is 1. The molecule has 1 aliphatic carbocycles. The minimum absolute atomic E-state index is 0.00634. The number of aromatic nitrogens is 2. The first-order valence-electron chi connectivity index (χ1n) is 10.2. The lowest BCUT2D eigenvalue weighted by Gasteiger charge is -2.14. The highest BCUT2D eigenvalue weighted by Gasteiger charge is 2.23. The van der Waals surface area contributed by atoms with E-state index in [1.54, 1.807) is 0 Å². The number of rotatable bonds is 0. The SMILES string of the molecule is O=c1c2ccccc2n2c3c(c(=O)n4c5ccccc5c5ccc1c2c54)CCC=C3. The van der Waals surface area contributed by atoms with Crippen LogP contribution in [0.2, 0.25) is 0 Å². The van der Waals surface area contributed by atoms with Gasteiger partial charge in [0.25, 0.3) is 5.56 Å². The van der Waals surface area contributed by atoms with Gasteiger partial charge in [-0.25, -0.2) is 0 Å². The van der Waals surface area contributed by atoms with Crippen LogP contribution in [0.3, 0.4) is 0 Å². The number of allylic oxidation sites excluding steroid dienone is 1. The summed E-state index contributed by atoms with van der Waals surface area (Å²) < 4.78 is 3.97. The molecule has 0 aliphatic heterocycles. The zero-order valence-corrected chi connectivity index (χ0v) is 16.1. The number of para-hydroxylation sites is 2. The van der Waals surface area contributed by atoms with E-state index in [0.29, 0.717) is 17.2 Å². The van der Waals surface area contributed by atoms with E-state index in [9.17, 15) is 9.59 Å². The lowest BCUT2D eigenvalue weighted by molar-refractivity contribution is 0.934. The summed E-state index contributed by atoms with van der Waals surface area (Å²) >= 11 is 0. The minimum Gasteiger partial charge on any atom is -0.306 e. The Morgan fingerprint density at radius 3 is 2.17 bits per heavy atom. The van der Waals surface area contributed by atoms with E-state index < -0.39 is 0 Å². The van der Waals surface area contributed by atoms with E-state index in [-0.39, 0.29) is 11.0 Å². The highest BCUT2D eigenvalue weighted by molar-refractivity contribution is 6.18. The molecule has 4 nitrogen and oxygen atoms in total. The van der Waals surface area contributed by atoms with Gasteiger partial charge in [-0.15, -0.1) is 0 Å². The van der Waals surface area contributed by atoms with E-state index in [1.165, 1.54) is 0 Å². The Bertz CT molecular complexity index is 1840. The molecule has 0 bridgehead atoms. The Balaban J connectivity index is 2.02. The van der Waals surface area contributed by atoms with Crippen LogP contribution >= 0.6 is 0 Å². The van der Waals surface area contributed by atoms with Gasteiger partial charge >= 0.3 is 0 Å². The first-order chi connectivity index (χ1) is 14.8. The maximum atomic E-state index is 13.9. The third-order valence-corrected chi connectivity index (χ3v) is 6.52. The molecule has 3 aromatic carbocycles. The van der Waals surface area contributed by atoms with E-state index in [4.69, 9.17) is 0 Å². The van der Waals surface area contributed by atoms with Gasteiger partial charge < -0.3 is 4.40 Å². The van der Waals surface area contributed by atoms with Crippen LogP contribution in [0.15, 0.2) is 76.3 Å². The molecule has 6 aromatic rings. The topological polar surface area (TPSA) is 43.0 Å². The molecule has 0 atom stereocenters. The molecule has 0 saturated heterocycles. The predicted octanol–water partition coefficient (Wildman–Crippen LogP) is 4.77. The van der Waals surface area contributed by atoms with Crippen LogP contribution in [-0.4, -0.2) is 8.80 Å². The third-order valence-electron chi connectivity index (χ3n) is 6.52. The first-order valence-corrected chi connectivity index (χ1v) is 10.2. The highest BCUT2D eigenvalue weighted by Crippen LogP contribution is 2.35. The van der Waals surface area contributed by atoms with Gasteiger partial charge in [-0.1, -0.05) is 42.5 Å². The maximum Gasteiger partial charge on any atom is 0.260 e. The molecule has 142 valence electrons. The first kappa shape index (κ1) is 15.9. The van der Waals surface area contributed by atoms with Gasteiger partial charge in [-0.05, 0) is 43.2 Å². The van der Waals surface area contributed by atoms with Crippen molar-refractivity contribution in [1.29, 1.82) is 0 Å². The van der Waals surface area contributed by atoms with E-state index >= 15 is 0 Å². The van der Waals surface area contributed by atoms with Crippen molar-refractivity contribution in [1.82, 2.24) is 8.80 Å². The van der Waals surface area contributed by atoms with Gasteiger partial charge in [0.05, 0.1) is 27.8 Å². The minimum atomic E-state index is 0.00634. The third kappa shape index (κ3) is 1.73. The quantitative estimate of drug-likeness (QED) is 0.352. The van der Waals surface area contributed by atoms with Crippen molar-refractivity contribution >= 4 is 49.7 Å². The monoisotopic (exact) mass is 388 g/mol. The Morgan fingerprint density at radius 2 is 1.33 bits per heavy atom. The number of hydrogen-bond acceptors (Lipinski definition) is 2. The fourth-order valence-corrected chi connectivity index (χ4v) is 5.25. The molecule has 0 amide bonds. The fourth-order valence-electron chi connectivity index (χ4n) is 5.25. The van der Waals surface area contributed by atoms with Crippen molar-refractivity contribution in [3.63, 3.8) is 0 Å². The van der Waals surface area contributed by atoms with Crippen LogP contribution in [0.4, 0.5) is 0 Å². The lowest BCUT2D eigenvalue weighted by atomic mass is 10.0. The Kier molecular flexibility index (Phi) is 2.85. The molecule has 4 heteroatoms. The average molecular weight is 388 g/mol. The van der Waals surface area contributed by atoms with Gasteiger partial charge in [-0.2, -0.15) is 0 Å². The van der Waals surface area contributed by atoms with Gasteiger partial charge in [0.1, 0.15) is 0 Å². The molecular formula is C26H16N2O2. The summed E-state index contributed by atoms with van der Waals surface area (Å²) in [4.78, 5) is 27.3. The van der Waals surface area contributed by atoms with Crippen LogP contribution in [0.25, 0.3) is 49.7 Å². The number of fused-ring (bicyclic) bond motifs is 7. The second-order valence-electron chi connectivity index (χ2n) is 8.00. The van der Waals surface area contributed by atoms with Gasteiger partial charge in [0.2, 0.25) is 0 Å². The molecule has 3 aromatic heterocycles. The molecular weight excluding hydrogens is 372 g/mol. The Morgan fingerprint density at radius 1 is 0.667 bits per heavy atom. The lowest BCUT2D eigenvalue weighted by Crippen LogP contribution is -2.17. The summed E-state index contributed by atoms with van der Waals surface area (Å²) in [6.45, 7) is 0. The Hall–Kier alpha value is -3.92. The van der Waals surface area contributed by atoms with E-state index in [1.807, 2.05) is 65.1 Å². The van der Waals surface area contributed by atoms with Crippen LogP contribution in [0, 0.1) is 0 Å². The zero-order chi connectivity index (χ0) is 20.0. The summed E-state index contributed by atoms with van der Waals surface area (Å²) in [5.74, 6) is 0. The molecule has 3 heterocycles. The summed E-state index contributed by atoms with van der Waals surface area (Å²) in [5.41, 5.74) is 5.06. The van der Waals surface area contributed by atoms with Crippen LogP contribution in [0.1, 0.15) is 17.7 Å². The van der Waals surface area contributed by atoms with Crippen molar-refractivity contribution in [2.24, 2.45) is 0 Å². The second kappa shape index (κ2) is 5.36. The molecule has 0 N–H and O–H groups in total. The normalized spacial score (nSPS) is 13.9. The van der Waals surface area contributed by atoms with Crippen LogP contribution in [-0.2, 0) is 6.42 Å².